The van der Waals surface area contributed by atoms with Gasteiger partial charge in [-0.3, -0.25) is 4.99 Å². The Morgan fingerprint density at radius 1 is 1.45 bits per heavy atom. The standard InChI is InChI=1S/C8H15NSSi/c1-11(2,3)8-4-5-9-6-7-10/h5,10H,6-7H2,1-3H3. The van der Waals surface area contributed by atoms with Crippen molar-refractivity contribution in [2.75, 3.05) is 12.3 Å². The molecule has 0 heterocycles. The number of hydrogen-bond acceptors (Lipinski definition) is 2. The first kappa shape index (κ1) is 10.8. The number of rotatable bonds is 2. The highest BCUT2D eigenvalue weighted by molar-refractivity contribution is 7.80. The zero-order valence-electron chi connectivity index (χ0n) is 7.39. The van der Waals surface area contributed by atoms with Gasteiger partial charge in [0.1, 0.15) is 8.07 Å². The van der Waals surface area contributed by atoms with Gasteiger partial charge in [0.25, 0.3) is 0 Å². The first-order valence-corrected chi connectivity index (χ1v) is 7.81. The molecule has 0 fully saturated rings. The molecule has 3 heteroatoms. The zero-order valence-corrected chi connectivity index (χ0v) is 9.28. The van der Waals surface area contributed by atoms with Gasteiger partial charge in [-0.05, 0) is 0 Å². The predicted molar refractivity (Wildman–Crippen MR) is 58.3 cm³/mol. The Bertz CT molecular complexity index is 182. The lowest BCUT2D eigenvalue weighted by molar-refractivity contribution is 1.16. The zero-order chi connectivity index (χ0) is 8.74. The number of thiol groups is 1. The molecule has 0 saturated carbocycles. The van der Waals surface area contributed by atoms with Gasteiger partial charge in [0, 0.05) is 12.3 Å². The van der Waals surface area contributed by atoms with E-state index >= 15 is 0 Å². The summed E-state index contributed by atoms with van der Waals surface area (Å²) in [4.78, 5) is 4.04. The molecule has 0 spiro atoms. The van der Waals surface area contributed by atoms with E-state index < -0.39 is 8.07 Å². The highest BCUT2D eigenvalue weighted by atomic mass is 32.1. The molecule has 0 unspecified atom stereocenters. The second kappa shape index (κ2) is 5.45. The van der Waals surface area contributed by atoms with Crippen molar-refractivity contribution in [1.82, 2.24) is 0 Å². The van der Waals surface area contributed by atoms with Gasteiger partial charge in [-0.1, -0.05) is 25.6 Å². The lowest BCUT2D eigenvalue weighted by atomic mass is 10.7. The molecule has 62 valence electrons. The molecule has 0 saturated heterocycles. The second-order valence-electron chi connectivity index (χ2n) is 3.28. The van der Waals surface area contributed by atoms with E-state index in [-0.39, 0.29) is 0 Å². The van der Waals surface area contributed by atoms with Gasteiger partial charge < -0.3 is 0 Å². The van der Waals surface area contributed by atoms with Crippen LogP contribution in [0.5, 0.6) is 0 Å². The third-order valence-corrected chi connectivity index (χ3v) is 1.93. The third kappa shape index (κ3) is 9.80. The van der Waals surface area contributed by atoms with E-state index in [1.807, 2.05) is 0 Å². The van der Waals surface area contributed by atoms with Crippen molar-refractivity contribution >= 4 is 26.9 Å². The van der Waals surface area contributed by atoms with Crippen LogP contribution in [0.15, 0.2) is 4.99 Å². The van der Waals surface area contributed by atoms with Crippen molar-refractivity contribution in [2.24, 2.45) is 4.99 Å². The van der Waals surface area contributed by atoms with Crippen LogP contribution in [-0.4, -0.2) is 26.6 Å². The molecule has 0 atom stereocenters. The minimum atomic E-state index is -1.19. The quantitative estimate of drug-likeness (QED) is 0.292. The summed E-state index contributed by atoms with van der Waals surface area (Å²) in [6, 6.07) is 0. The van der Waals surface area contributed by atoms with Crippen molar-refractivity contribution in [3.63, 3.8) is 0 Å². The molecule has 0 aliphatic heterocycles. The van der Waals surface area contributed by atoms with Crippen LogP contribution in [0.3, 0.4) is 0 Å². The average molecular weight is 185 g/mol. The van der Waals surface area contributed by atoms with Gasteiger partial charge in [0.05, 0.1) is 6.21 Å². The fourth-order valence-corrected chi connectivity index (χ4v) is 1.03. The number of hydrogen-bond donors (Lipinski definition) is 1. The Morgan fingerprint density at radius 2 is 2.09 bits per heavy atom. The molecule has 1 nitrogen and oxygen atoms in total. The molecule has 0 aromatic rings. The van der Waals surface area contributed by atoms with Gasteiger partial charge in [-0.15, -0.1) is 5.54 Å². The Balaban J connectivity index is 3.72. The molecule has 0 N–H and O–H groups in total. The Hall–Kier alpha value is -0.203. The van der Waals surface area contributed by atoms with Crippen LogP contribution in [0.4, 0.5) is 0 Å². The summed E-state index contributed by atoms with van der Waals surface area (Å²) in [5.74, 6) is 3.74. The van der Waals surface area contributed by atoms with E-state index in [2.05, 4.69) is 48.7 Å². The van der Waals surface area contributed by atoms with Crippen molar-refractivity contribution < 1.29 is 0 Å². The predicted octanol–water partition coefficient (Wildman–Crippen LogP) is 1.87. The first-order valence-electron chi connectivity index (χ1n) is 3.68. The van der Waals surface area contributed by atoms with Crippen LogP contribution < -0.4 is 0 Å². The van der Waals surface area contributed by atoms with E-state index in [4.69, 9.17) is 0 Å². The molecule has 0 aliphatic rings. The van der Waals surface area contributed by atoms with Gasteiger partial charge in [-0.25, -0.2) is 0 Å². The van der Waals surface area contributed by atoms with Crippen molar-refractivity contribution in [3.8, 4) is 11.5 Å². The van der Waals surface area contributed by atoms with Gasteiger partial charge >= 0.3 is 0 Å². The van der Waals surface area contributed by atoms with Crippen LogP contribution in [0, 0.1) is 11.5 Å². The summed E-state index contributed by atoms with van der Waals surface area (Å²) >= 11 is 4.03. The monoisotopic (exact) mass is 185 g/mol. The van der Waals surface area contributed by atoms with Crippen LogP contribution in [0.25, 0.3) is 0 Å². The summed E-state index contributed by atoms with van der Waals surface area (Å²) < 4.78 is 0. The molecule has 0 aromatic carbocycles. The largest absolute Gasteiger partial charge is 0.283 e. The molecule has 0 rings (SSSR count). The van der Waals surface area contributed by atoms with E-state index in [1.165, 1.54) is 0 Å². The topological polar surface area (TPSA) is 12.4 Å². The fraction of sp³-hybridized carbons (Fsp3) is 0.625. The van der Waals surface area contributed by atoms with Gasteiger partial charge in [0.2, 0.25) is 0 Å². The lowest BCUT2D eigenvalue weighted by Crippen LogP contribution is -2.16. The number of aliphatic imine (C=N–C) groups is 1. The molecular formula is C8H15NSSi. The Kier molecular flexibility index (Phi) is 5.35. The third-order valence-electron chi connectivity index (χ3n) is 0.832. The van der Waals surface area contributed by atoms with E-state index in [0.717, 1.165) is 12.3 Å². The van der Waals surface area contributed by atoms with Crippen LogP contribution >= 0.6 is 12.6 Å². The molecule has 0 aliphatic carbocycles. The van der Waals surface area contributed by atoms with Crippen LogP contribution in [-0.2, 0) is 0 Å². The molecule has 0 aromatic heterocycles. The lowest BCUT2D eigenvalue weighted by Gasteiger charge is -2.01. The van der Waals surface area contributed by atoms with Gasteiger partial charge in [-0.2, -0.15) is 12.6 Å². The molecule has 0 amide bonds. The first-order chi connectivity index (χ1) is 5.06. The summed E-state index contributed by atoms with van der Waals surface area (Å²) in [5, 5.41) is 0. The van der Waals surface area contributed by atoms with E-state index in [9.17, 15) is 0 Å². The average Bonchev–Trinajstić information content (AvgIpc) is 1.85. The highest BCUT2D eigenvalue weighted by Gasteiger charge is 2.06. The summed E-state index contributed by atoms with van der Waals surface area (Å²) in [6.07, 6.45) is 1.69. The smallest absolute Gasteiger partial charge is 0.129 e. The van der Waals surface area contributed by atoms with E-state index in [0.29, 0.717) is 0 Å². The SMILES string of the molecule is C[Si](C)(C)C#CC=NCCS. The fourth-order valence-electron chi connectivity index (χ4n) is 0.417. The minimum absolute atomic E-state index is 0.767. The maximum Gasteiger partial charge on any atom is 0.129 e. The highest BCUT2D eigenvalue weighted by Crippen LogP contribution is 1.95. The molecular weight excluding hydrogens is 170 g/mol. The maximum absolute atomic E-state index is 4.04. The van der Waals surface area contributed by atoms with Crippen molar-refractivity contribution in [1.29, 1.82) is 0 Å². The Morgan fingerprint density at radius 3 is 2.55 bits per heavy atom. The minimum Gasteiger partial charge on any atom is -0.283 e. The number of nitrogens with zero attached hydrogens (tertiary/aromatic N) is 1. The Labute approximate surface area is 75.7 Å². The molecule has 0 bridgehead atoms. The summed E-state index contributed by atoms with van der Waals surface area (Å²) in [7, 11) is -1.19. The maximum atomic E-state index is 4.04. The molecule has 0 radical (unpaired) electrons. The summed E-state index contributed by atoms with van der Waals surface area (Å²) in [5.41, 5.74) is 3.20. The summed E-state index contributed by atoms with van der Waals surface area (Å²) in [6.45, 7) is 7.41. The molecule has 11 heavy (non-hydrogen) atoms. The van der Waals surface area contributed by atoms with Crippen LogP contribution in [0.1, 0.15) is 0 Å². The van der Waals surface area contributed by atoms with Crippen molar-refractivity contribution in [3.05, 3.63) is 0 Å². The normalized spacial score (nSPS) is 11.3. The van der Waals surface area contributed by atoms with E-state index in [1.54, 1.807) is 6.21 Å². The second-order valence-corrected chi connectivity index (χ2v) is 8.48. The van der Waals surface area contributed by atoms with Crippen LogP contribution in [0.2, 0.25) is 19.6 Å². The van der Waals surface area contributed by atoms with Crippen molar-refractivity contribution in [2.45, 2.75) is 19.6 Å². The van der Waals surface area contributed by atoms with Gasteiger partial charge in [0.15, 0.2) is 0 Å².